The van der Waals surface area contributed by atoms with Crippen LogP contribution in [0.4, 0.5) is 27.6 Å². The number of aromatic nitrogens is 1. The van der Waals surface area contributed by atoms with Gasteiger partial charge in [0.1, 0.15) is 18.2 Å². The zero-order valence-corrected chi connectivity index (χ0v) is 21.6. The normalized spacial score (nSPS) is 20.6. The molecule has 2 aliphatic rings. The van der Waals surface area contributed by atoms with Gasteiger partial charge < -0.3 is 15.4 Å². The van der Waals surface area contributed by atoms with Gasteiger partial charge in [-0.3, -0.25) is 14.2 Å². The number of halogens is 5. The first kappa shape index (κ1) is 27.4. The lowest BCUT2D eigenvalue weighted by atomic mass is 9.87. The van der Waals surface area contributed by atoms with Gasteiger partial charge in [-0.1, -0.05) is 5.92 Å². The minimum Gasteiger partial charge on any atom is -0.390 e. The summed E-state index contributed by atoms with van der Waals surface area (Å²) in [6, 6.07) is 5.95. The number of hydrogen-bond donors (Lipinski definition) is 3. The molecule has 1 fully saturated rings. The quantitative estimate of drug-likeness (QED) is 0.266. The Morgan fingerprint density at radius 2 is 1.90 bits per heavy atom. The van der Waals surface area contributed by atoms with Crippen molar-refractivity contribution in [2.45, 2.75) is 43.8 Å². The Morgan fingerprint density at radius 3 is 2.54 bits per heavy atom. The Balaban J connectivity index is 1.53. The molecule has 0 saturated carbocycles. The van der Waals surface area contributed by atoms with Crippen LogP contribution in [-0.2, 0) is 6.42 Å². The van der Waals surface area contributed by atoms with E-state index in [1.54, 1.807) is 19.1 Å². The van der Waals surface area contributed by atoms with Crippen molar-refractivity contribution in [2.24, 2.45) is 0 Å². The fourth-order valence-corrected chi connectivity index (χ4v) is 5.81. The first-order valence-electron chi connectivity index (χ1n) is 13.0. The lowest BCUT2D eigenvalue weighted by Crippen LogP contribution is -2.54. The van der Waals surface area contributed by atoms with Gasteiger partial charge in [-0.25, -0.2) is 17.6 Å². The monoisotopic (exact) mass is 546 g/mol. The first-order valence-corrected chi connectivity index (χ1v) is 13.0. The van der Waals surface area contributed by atoms with Crippen LogP contribution in [0, 0.1) is 24.0 Å². The molecule has 39 heavy (non-hydrogen) atoms. The van der Waals surface area contributed by atoms with Crippen molar-refractivity contribution >= 4 is 16.6 Å². The topological polar surface area (TPSA) is 54.5 Å². The second kappa shape index (κ2) is 10.8. The van der Waals surface area contributed by atoms with E-state index in [-0.39, 0.29) is 17.3 Å². The highest BCUT2D eigenvalue weighted by atomic mass is 19.3. The molecular formula is C29H31F5N4O. The molecule has 3 aromatic rings. The summed E-state index contributed by atoms with van der Waals surface area (Å²) in [6.07, 6.45) is 6.36. The van der Waals surface area contributed by atoms with Crippen LogP contribution < -0.4 is 5.32 Å². The van der Waals surface area contributed by atoms with Crippen LogP contribution in [0.25, 0.3) is 10.9 Å². The van der Waals surface area contributed by atoms with Crippen LogP contribution >= 0.6 is 0 Å². The summed E-state index contributed by atoms with van der Waals surface area (Å²) >= 11 is 0. The second-order valence-corrected chi connectivity index (χ2v) is 10.6. The summed E-state index contributed by atoms with van der Waals surface area (Å²) in [7, 11) is 0. The number of nitrogens with one attached hydrogen (secondary N) is 2. The van der Waals surface area contributed by atoms with E-state index in [0.29, 0.717) is 49.2 Å². The number of H-pyrrole nitrogens is 1. The lowest BCUT2D eigenvalue weighted by molar-refractivity contribution is -0.0869. The number of aliphatic hydroxyl groups excluding tert-OH is 1. The zero-order valence-electron chi connectivity index (χ0n) is 21.6. The number of aliphatic hydroxyl groups is 1. The van der Waals surface area contributed by atoms with E-state index in [2.05, 4.69) is 16.2 Å². The third kappa shape index (κ3) is 5.36. The third-order valence-corrected chi connectivity index (χ3v) is 7.71. The predicted octanol–water partition coefficient (Wildman–Crippen LogP) is 4.85. The maximum Gasteiger partial charge on any atom is 0.283 e. The lowest BCUT2D eigenvalue weighted by Gasteiger charge is -2.42. The molecule has 0 aliphatic carbocycles. The van der Waals surface area contributed by atoms with Crippen LogP contribution in [0.3, 0.4) is 0 Å². The van der Waals surface area contributed by atoms with Crippen LogP contribution in [0.2, 0.25) is 0 Å². The average molecular weight is 547 g/mol. The molecule has 3 N–H and O–H groups in total. The van der Waals surface area contributed by atoms with Gasteiger partial charge in [0.25, 0.3) is 5.92 Å². The van der Waals surface area contributed by atoms with Gasteiger partial charge in [0.05, 0.1) is 25.3 Å². The van der Waals surface area contributed by atoms with Crippen LogP contribution in [0.15, 0.2) is 30.3 Å². The van der Waals surface area contributed by atoms with Gasteiger partial charge in [-0.15, -0.1) is 6.42 Å². The van der Waals surface area contributed by atoms with Crippen molar-refractivity contribution < 1.29 is 27.1 Å². The van der Waals surface area contributed by atoms with Crippen molar-refractivity contribution in [3.8, 4) is 12.3 Å². The molecule has 1 aromatic heterocycles. The second-order valence-electron chi connectivity index (χ2n) is 10.6. The largest absolute Gasteiger partial charge is 0.390 e. The van der Waals surface area contributed by atoms with Gasteiger partial charge in [-0.2, -0.15) is 0 Å². The van der Waals surface area contributed by atoms with Crippen molar-refractivity contribution in [3.05, 3.63) is 64.4 Å². The smallest absolute Gasteiger partial charge is 0.283 e. The summed E-state index contributed by atoms with van der Waals surface area (Å²) in [6.45, 7) is 0.961. The Morgan fingerprint density at radius 1 is 1.18 bits per heavy atom. The SMILES string of the molecule is C#Cc1ccc2[nH]c3c(c2c1)CC(C)N(CC(F)(F)CO)C3c1c(F)cc(NC2CN(CCCF)C2)cc1F. The minimum atomic E-state index is -3.47. The molecule has 2 unspecified atom stereocenters. The molecule has 5 nitrogen and oxygen atoms in total. The Bertz CT molecular complexity index is 1370. The number of hydrogen-bond acceptors (Lipinski definition) is 4. The third-order valence-electron chi connectivity index (χ3n) is 7.71. The van der Waals surface area contributed by atoms with E-state index >= 15 is 8.78 Å². The predicted molar refractivity (Wildman–Crippen MR) is 141 cm³/mol. The van der Waals surface area contributed by atoms with E-state index in [4.69, 9.17) is 6.42 Å². The molecule has 0 spiro atoms. The maximum absolute atomic E-state index is 15.8. The van der Waals surface area contributed by atoms with Crippen molar-refractivity contribution in [1.29, 1.82) is 0 Å². The number of benzene rings is 2. The molecule has 1 saturated heterocycles. The van der Waals surface area contributed by atoms with Crippen molar-refractivity contribution in [2.75, 3.05) is 44.8 Å². The maximum atomic E-state index is 15.8. The van der Waals surface area contributed by atoms with E-state index in [0.717, 1.165) is 10.9 Å². The molecule has 5 rings (SSSR count). The van der Waals surface area contributed by atoms with Crippen LogP contribution in [-0.4, -0.2) is 77.4 Å². The highest BCUT2D eigenvalue weighted by molar-refractivity contribution is 5.87. The van der Waals surface area contributed by atoms with E-state index < -0.39 is 49.5 Å². The number of nitrogens with zero attached hydrogens (tertiary/aromatic N) is 2. The van der Waals surface area contributed by atoms with E-state index in [1.165, 1.54) is 17.0 Å². The number of fused-ring (bicyclic) bond motifs is 3. The molecule has 0 bridgehead atoms. The molecule has 2 atom stereocenters. The fraction of sp³-hybridized carbons (Fsp3) is 0.448. The molecular weight excluding hydrogens is 515 g/mol. The summed E-state index contributed by atoms with van der Waals surface area (Å²) < 4.78 is 72.9. The average Bonchev–Trinajstić information content (AvgIpc) is 3.23. The standard InChI is InChI=1S/C29H31F5N4O/c1-3-18-5-6-25-21(10-18)22-9-17(2)38(15-29(33,34)16-39)28(27(22)36-25)26-23(31)11-19(12-24(26)32)35-20-13-37(14-20)8-4-7-30/h1,5-6,10-12,17,20,28,35-36,39H,4,7-9,13-16H2,2H3. The van der Waals surface area contributed by atoms with Gasteiger partial charge >= 0.3 is 0 Å². The molecule has 0 radical (unpaired) electrons. The van der Waals surface area contributed by atoms with Gasteiger partial charge in [0.2, 0.25) is 0 Å². The number of likely N-dealkylation sites (tertiary alicyclic amines) is 1. The summed E-state index contributed by atoms with van der Waals surface area (Å²) in [5.41, 5.74) is 2.42. The van der Waals surface area contributed by atoms with Gasteiger partial charge in [0, 0.05) is 59.1 Å². The highest BCUT2D eigenvalue weighted by Gasteiger charge is 2.43. The zero-order chi connectivity index (χ0) is 27.9. The molecule has 10 heteroatoms. The number of terminal acetylenes is 1. The molecule has 3 heterocycles. The van der Waals surface area contributed by atoms with Crippen LogP contribution in [0.1, 0.15) is 41.8 Å². The molecule has 2 aromatic carbocycles. The Hall–Kier alpha value is -3.13. The number of rotatable bonds is 9. The van der Waals surface area contributed by atoms with Gasteiger partial charge in [-0.05, 0) is 55.7 Å². The minimum absolute atomic E-state index is 0.0330. The summed E-state index contributed by atoms with van der Waals surface area (Å²) in [5.74, 6) is -2.62. The van der Waals surface area contributed by atoms with Crippen LogP contribution in [0.5, 0.6) is 0 Å². The summed E-state index contributed by atoms with van der Waals surface area (Å²) in [5, 5.41) is 13.2. The Labute approximate surface area is 224 Å². The number of anilines is 1. The van der Waals surface area contributed by atoms with E-state index in [9.17, 15) is 18.3 Å². The first-order chi connectivity index (χ1) is 18.6. The molecule has 0 amide bonds. The van der Waals surface area contributed by atoms with Crippen molar-refractivity contribution in [1.82, 2.24) is 14.8 Å². The fourth-order valence-electron chi connectivity index (χ4n) is 5.81. The van der Waals surface area contributed by atoms with Gasteiger partial charge in [0.15, 0.2) is 0 Å². The number of aromatic amines is 1. The molecule has 2 aliphatic heterocycles. The van der Waals surface area contributed by atoms with E-state index in [1.807, 2.05) is 11.0 Å². The van der Waals surface area contributed by atoms with Crippen molar-refractivity contribution in [3.63, 3.8) is 0 Å². The Kier molecular flexibility index (Phi) is 7.60. The number of alkyl halides is 3. The highest BCUT2D eigenvalue weighted by Crippen LogP contribution is 2.44. The summed E-state index contributed by atoms with van der Waals surface area (Å²) in [4.78, 5) is 6.60. The molecule has 208 valence electrons.